The molecule has 0 aromatic heterocycles. The van der Waals surface area contributed by atoms with Crippen molar-refractivity contribution in [2.45, 2.75) is 19.4 Å². The fraction of sp³-hybridized carbons (Fsp3) is 0.300. The highest BCUT2D eigenvalue weighted by Crippen LogP contribution is 2.33. The zero-order chi connectivity index (χ0) is 19.2. The molecule has 0 saturated heterocycles. The molecule has 6 nitrogen and oxygen atoms in total. The number of anilines is 1. The highest BCUT2D eigenvalue weighted by atomic mass is 19.1. The third-order valence-electron chi connectivity index (χ3n) is 4.05. The molecule has 2 aromatic rings. The number of ether oxygens (including phenoxy) is 3. The van der Waals surface area contributed by atoms with Crippen LogP contribution in [0.4, 0.5) is 10.1 Å². The summed E-state index contributed by atoms with van der Waals surface area (Å²) in [5, 5.41) is 0. The summed E-state index contributed by atoms with van der Waals surface area (Å²) in [6, 6.07) is 13.2. The second kappa shape index (κ2) is 8.53. The summed E-state index contributed by atoms with van der Waals surface area (Å²) >= 11 is 0. The van der Waals surface area contributed by atoms with Crippen LogP contribution >= 0.6 is 0 Å². The molecule has 1 amide bonds. The molecule has 7 heteroatoms. The van der Waals surface area contributed by atoms with Gasteiger partial charge in [-0.1, -0.05) is 24.3 Å². The van der Waals surface area contributed by atoms with E-state index in [-0.39, 0.29) is 37.8 Å². The van der Waals surface area contributed by atoms with Crippen molar-refractivity contribution in [1.82, 2.24) is 0 Å². The van der Waals surface area contributed by atoms with Crippen molar-refractivity contribution in [2.75, 3.05) is 24.7 Å². The van der Waals surface area contributed by atoms with E-state index in [1.165, 1.54) is 17.0 Å². The Kier molecular flexibility index (Phi) is 5.90. The molecule has 1 aliphatic heterocycles. The topological polar surface area (TPSA) is 65.1 Å². The third-order valence-corrected chi connectivity index (χ3v) is 4.05. The third kappa shape index (κ3) is 4.55. The quantitative estimate of drug-likeness (QED) is 0.552. The molecule has 0 radical (unpaired) electrons. The smallest absolute Gasteiger partial charge is 0.307 e. The lowest BCUT2D eigenvalue weighted by atomic mass is 10.2. The minimum Gasteiger partial charge on any atom is -0.487 e. The predicted octanol–water partition coefficient (Wildman–Crippen LogP) is 2.95. The SMILES string of the molecule is CC1Oc2ccccc2N(CCC(=O)OCCOc2ccccc2F)C1=O. The Hall–Kier alpha value is -3.09. The molecule has 1 heterocycles. The molecule has 1 atom stereocenters. The Balaban J connectivity index is 1.46. The number of nitrogens with zero attached hydrogens (tertiary/aromatic N) is 1. The Morgan fingerprint density at radius 2 is 1.89 bits per heavy atom. The lowest BCUT2D eigenvalue weighted by Gasteiger charge is -2.32. The summed E-state index contributed by atoms with van der Waals surface area (Å²) < 4.78 is 29.3. The van der Waals surface area contributed by atoms with Crippen LogP contribution in [0.3, 0.4) is 0 Å². The van der Waals surface area contributed by atoms with Crippen molar-refractivity contribution in [3.05, 3.63) is 54.3 Å². The molecule has 27 heavy (non-hydrogen) atoms. The van der Waals surface area contributed by atoms with Crippen LogP contribution in [0.15, 0.2) is 48.5 Å². The average molecular weight is 373 g/mol. The predicted molar refractivity (Wildman–Crippen MR) is 96.4 cm³/mol. The van der Waals surface area contributed by atoms with E-state index in [9.17, 15) is 14.0 Å². The van der Waals surface area contributed by atoms with Gasteiger partial charge in [0.2, 0.25) is 0 Å². The molecule has 142 valence electrons. The van der Waals surface area contributed by atoms with Gasteiger partial charge in [0.05, 0.1) is 12.1 Å². The molecular formula is C20H20FNO5. The summed E-state index contributed by atoms with van der Waals surface area (Å²) in [6.45, 7) is 1.90. The summed E-state index contributed by atoms with van der Waals surface area (Å²) in [6.07, 6.45) is -0.572. The number of amides is 1. The van der Waals surface area contributed by atoms with Gasteiger partial charge >= 0.3 is 5.97 Å². The molecule has 0 fully saturated rings. The Morgan fingerprint density at radius 1 is 1.15 bits per heavy atom. The normalized spacial score (nSPS) is 15.7. The number of halogens is 1. The molecule has 1 aliphatic rings. The number of fused-ring (bicyclic) bond motifs is 1. The number of hydrogen-bond acceptors (Lipinski definition) is 5. The minimum atomic E-state index is -0.606. The highest BCUT2D eigenvalue weighted by molar-refractivity contribution is 6.00. The first kappa shape index (κ1) is 18.7. The van der Waals surface area contributed by atoms with Gasteiger partial charge in [-0.3, -0.25) is 9.59 Å². The maximum Gasteiger partial charge on any atom is 0.307 e. The summed E-state index contributed by atoms with van der Waals surface area (Å²) in [5.74, 6) is -0.419. The number of carbonyl (C=O) groups is 2. The Morgan fingerprint density at radius 3 is 2.70 bits per heavy atom. The molecule has 0 N–H and O–H groups in total. The number of rotatable bonds is 7. The zero-order valence-corrected chi connectivity index (χ0v) is 14.9. The Bertz CT molecular complexity index is 826. The van der Waals surface area contributed by atoms with Crippen molar-refractivity contribution in [2.24, 2.45) is 0 Å². The van der Waals surface area contributed by atoms with Crippen molar-refractivity contribution >= 4 is 17.6 Å². The maximum atomic E-state index is 13.4. The van der Waals surface area contributed by atoms with E-state index in [1.54, 1.807) is 37.3 Å². The van der Waals surface area contributed by atoms with Crippen LogP contribution < -0.4 is 14.4 Å². The van der Waals surface area contributed by atoms with Crippen LogP contribution in [0.2, 0.25) is 0 Å². The molecule has 3 rings (SSSR count). The lowest BCUT2D eigenvalue weighted by molar-refractivity contribution is -0.144. The van der Waals surface area contributed by atoms with Crippen molar-refractivity contribution in [3.8, 4) is 11.5 Å². The summed E-state index contributed by atoms with van der Waals surface area (Å²) in [4.78, 5) is 25.8. The standard InChI is InChI=1S/C20H20FNO5/c1-14-20(24)22(16-7-3-5-9-18(16)27-14)11-10-19(23)26-13-12-25-17-8-4-2-6-15(17)21/h2-9,14H,10-13H2,1H3. The van der Waals surface area contributed by atoms with Crippen molar-refractivity contribution in [1.29, 1.82) is 0 Å². The van der Waals surface area contributed by atoms with E-state index in [1.807, 2.05) is 6.07 Å². The van der Waals surface area contributed by atoms with Crippen LogP contribution in [0, 0.1) is 5.82 Å². The summed E-state index contributed by atoms with van der Waals surface area (Å²) in [5.41, 5.74) is 0.635. The Labute approximate surface area is 156 Å². The van der Waals surface area contributed by atoms with Gasteiger partial charge in [-0.25, -0.2) is 4.39 Å². The molecule has 2 aromatic carbocycles. The number of para-hydroxylation sites is 3. The van der Waals surface area contributed by atoms with E-state index < -0.39 is 17.9 Å². The molecule has 0 bridgehead atoms. The number of carbonyl (C=O) groups excluding carboxylic acids is 2. The molecule has 1 unspecified atom stereocenters. The molecular weight excluding hydrogens is 353 g/mol. The van der Waals surface area contributed by atoms with E-state index in [2.05, 4.69) is 0 Å². The van der Waals surface area contributed by atoms with Gasteiger partial charge in [-0.2, -0.15) is 0 Å². The van der Waals surface area contributed by atoms with Crippen LogP contribution in [0.1, 0.15) is 13.3 Å². The van der Waals surface area contributed by atoms with Gasteiger partial charge in [-0.05, 0) is 31.2 Å². The number of esters is 1. The average Bonchev–Trinajstić information content (AvgIpc) is 2.67. The molecule has 0 aliphatic carbocycles. The van der Waals surface area contributed by atoms with Gasteiger partial charge in [0.25, 0.3) is 5.91 Å². The number of hydrogen-bond donors (Lipinski definition) is 0. The van der Waals surface area contributed by atoms with Crippen LogP contribution in [0.25, 0.3) is 0 Å². The van der Waals surface area contributed by atoms with Gasteiger partial charge in [0, 0.05) is 6.54 Å². The lowest BCUT2D eigenvalue weighted by Crippen LogP contribution is -2.45. The van der Waals surface area contributed by atoms with Crippen LogP contribution in [0.5, 0.6) is 11.5 Å². The number of benzene rings is 2. The van der Waals surface area contributed by atoms with Gasteiger partial charge in [0.15, 0.2) is 17.7 Å². The van der Waals surface area contributed by atoms with E-state index in [4.69, 9.17) is 14.2 Å². The maximum absolute atomic E-state index is 13.4. The highest BCUT2D eigenvalue weighted by Gasteiger charge is 2.31. The fourth-order valence-electron chi connectivity index (χ4n) is 2.73. The second-order valence-electron chi connectivity index (χ2n) is 5.97. The van der Waals surface area contributed by atoms with Crippen molar-refractivity contribution in [3.63, 3.8) is 0 Å². The van der Waals surface area contributed by atoms with E-state index in [0.29, 0.717) is 11.4 Å². The largest absolute Gasteiger partial charge is 0.487 e. The first-order chi connectivity index (χ1) is 13.1. The molecule has 0 saturated carbocycles. The zero-order valence-electron chi connectivity index (χ0n) is 14.9. The van der Waals surface area contributed by atoms with Crippen LogP contribution in [-0.4, -0.2) is 37.7 Å². The van der Waals surface area contributed by atoms with Crippen molar-refractivity contribution < 1.29 is 28.2 Å². The first-order valence-electron chi connectivity index (χ1n) is 8.66. The van der Waals surface area contributed by atoms with Gasteiger partial charge in [-0.15, -0.1) is 0 Å². The second-order valence-corrected chi connectivity index (χ2v) is 5.97. The first-order valence-corrected chi connectivity index (χ1v) is 8.66. The van der Waals surface area contributed by atoms with Gasteiger partial charge < -0.3 is 19.1 Å². The monoisotopic (exact) mass is 373 g/mol. The summed E-state index contributed by atoms with van der Waals surface area (Å²) in [7, 11) is 0. The minimum absolute atomic E-state index is 0.00276. The van der Waals surface area contributed by atoms with Crippen LogP contribution in [-0.2, 0) is 14.3 Å². The molecule has 0 spiro atoms. The van der Waals surface area contributed by atoms with E-state index in [0.717, 1.165) is 0 Å². The van der Waals surface area contributed by atoms with E-state index >= 15 is 0 Å². The van der Waals surface area contributed by atoms with Gasteiger partial charge in [0.1, 0.15) is 19.0 Å². The fourth-order valence-corrected chi connectivity index (χ4v) is 2.73.